The van der Waals surface area contributed by atoms with Crippen molar-refractivity contribution >= 4 is 34.8 Å². The monoisotopic (exact) mass is 994 g/mol. The minimum absolute atomic E-state index is 0.143. The van der Waals surface area contributed by atoms with E-state index in [0.717, 1.165) is 44.7 Å². The third-order valence-electron chi connectivity index (χ3n) is 15.9. The molecule has 394 valence electrons. The number of carbonyl (C=O) groups is 1. The van der Waals surface area contributed by atoms with Crippen LogP contribution in [0.15, 0.2) is 84.9 Å². The van der Waals surface area contributed by atoms with Crippen LogP contribution in [0.5, 0.6) is 0 Å². The summed E-state index contributed by atoms with van der Waals surface area (Å²) >= 11 is 0. The van der Waals surface area contributed by atoms with Crippen molar-refractivity contribution in [1.82, 2.24) is 9.80 Å². The topological polar surface area (TPSA) is 156 Å². The number of benzene rings is 3. The standard InChI is InChI=1S/C57H92N3O9P/c1-13-49-57(8,66)52(63)43(6)60(38-39(2)37-56(7,65)53(41(4)50(61)42(5)54(64)68-49)69-55-51(62)48(59(11)12)36-40(3)67-55)34-24-16-14-15-17-25-35-70(45-26-20-18-21-27-45,46-28-22-19-23-29-46)47-32-30-44(31-33-47)58(9)10/h18-23,26-33,39-43,48-53,55,61-63,65-66,70H,13-17,24-25,34-38H2,1-12H3/t39-,40-,41+,42-,43-,48+,49-,50+,51-,52-,53-,55+,56-,57-/m1/s1. The van der Waals surface area contributed by atoms with Crippen molar-refractivity contribution in [2.75, 3.05) is 52.3 Å². The molecule has 0 saturated carbocycles. The first-order chi connectivity index (χ1) is 33.1. The number of esters is 1. The minimum Gasteiger partial charge on any atom is -0.384 e. The Labute approximate surface area is 422 Å². The summed E-state index contributed by atoms with van der Waals surface area (Å²) in [6.45, 7) is 15.3. The first-order valence-electron chi connectivity index (χ1n) is 26.4. The van der Waals surface area contributed by atoms with E-state index in [2.05, 4.69) is 116 Å². The van der Waals surface area contributed by atoms with E-state index in [1.54, 1.807) is 27.7 Å². The zero-order chi connectivity index (χ0) is 51.6. The smallest absolute Gasteiger partial charge is 0.384 e. The summed E-state index contributed by atoms with van der Waals surface area (Å²) < 4.78 is 18.7. The van der Waals surface area contributed by atoms with Crippen LogP contribution in [0, 0.1) is 17.8 Å². The molecule has 2 fully saturated rings. The molecule has 70 heavy (non-hydrogen) atoms. The molecule has 5 N–H and O–H groups in total. The quantitative estimate of drug-likeness (QED) is 0.0572. The number of likely N-dealkylation sites (N-methyl/N-ethyl adjacent to an activating group) is 1. The fraction of sp³-hybridized carbons (Fsp3) is 0.667. The number of ether oxygens (including phenoxy) is 3. The van der Waals surface area contributed by atoms with E-state index in [4.69, 9.17) is 14.2 Å². The summed E-state index contributed by atoms with van der Waals surface area (Å²) in [7, 11) is 5.60. The Hall–Kier alpha value is -3.00. The van der Waals surface area contributed by atoms with E-state index in [9.17, 15) is 30.3 Å². The molecule has 0 aliphatic carbocycles. The summed E-state index contributed by atoms with van der Waals surface area (Å²) in [5, 5.41) is 64.2. The number of nitrogens with zero attached hydrogens (tertiary/aromatic N) is 3. The Bertz CT molecular complexity index is 1970. The van der Waals surface area contributed by atoms with Crippen molar-refractivity contribution in [1.29, 1.82) is 0 Å². The van der Waals surface area contributed by atoms with Gasteiger partial charge in [-0.3, -0.25) is 4.79 Å². The molecule has 3 aromatic rings. The Kier molecular flexibility index (Phi) is 21.3. The second kappa shape index (κ2) is 25.8. The van der Waals surface area contributed by atoms with Gasteiger partial charge in [0.2, 0.25) is 0 Å². The molecule has 3 aromatic carbocycles. The van der Waals surface area contributed by atoms with Gasteiger partial charge in [0.15, 0.2) is 6.29 Å². The van der Waals surface area contributed by atoms with Crippen LogP contribution >= 0.6 is 7.26 Å². The van der Waals surface area contributed by atoms with Gasteiger partial charge in [-0.15, -0.1) is 0 Å². The van der Waals surface area contributed by atoms with Crippen LogP contribution in [-0.2, 0) is 19.0 Å². The van der Waals surface area contributed by atoms with Gasteiger partial charge in [-0.05, 0) is 54.6 Å². The fourth-order valence-electron chi connectivity index (χ4n) is 11.7. The molecule has 0 spiro atoms. The predicted molar refractivity (Wildman–Crippen MR) is 287 cm³/mol. The van der Waals surface area contributed by atoms with Crippen LogP contribution in [0.25, 0.3) is 0 Å². The van der Waals surface area contributed by atoms with Gasteiger partial charge >= 0.3 is 250 Å². The van der Waals surface area contributed by atoms with Crippen molar-refractivity contribution in [3.63, 3.8) is 0 Å². The molecule has 12 nitrogen and oxygen atoms in total. The summed E-state index contributed by atoms with van der Waals surface area (Å²) in [5.74, 6) is -2.76. The molecule has 0 unspecified atom stereocenters. The fourth-order valence-corrected chi connectivity index (χ4v) is 16.6. The number of aliphatic hydroxyl groups excluding tert-OH is 3. The van der Waals surface area contributed by atoms with Crippen LogP contribution in [0.1, 0.15) is 113 Å². The van der Waals surface area contributed by atoms with Gasteiger partial charge in [0, 0.05) is 12.0 Å². The Morgan fingerprint density at radius 3 is 1.84 bits per heavy atom. The maximum atomic E-state index is 13.8. The number of hydrogen-bond donors (Lipinski definition) is 5. The van der Waals surface area contributed by atoms with Crippen LogP contribution in [0.3, 0.4) is 0 Å². The van der Waals surface area contributed by atoms with E-state index >= 15 is 0 Å². The molecule has 0 amide bonds. The maximum absolute atomic E-state index is 13.8. The van der Waals surface area contributed by atoms with E-state index < -0.39 is 79.1 Å². The molecule has 2 aliphatic rings. The minimum atomic E-state index is -2.36. The van der Waals surface area contributed by atoms with Crippen molar-refractivity contribution in [3.8, 4) is 0 Å². The summed E-state index contributed by atoms with van der Waals surface area (Å²) in [5.41, 5.74) is -2.17. The van der Waals surface area contributed by atoms with Crippen molar-refractivity contribution in [2.24, 2.45) is 17.8 Å². The molecule has 0 aromatic heterocycles. The average Bonchev–Trinajstić information content (AvgIpc) is 3.33. The summed E-state index contributed by atoms with van der Waals surface area (Å²) in [6, 6.07) is 30.6. The van der Waals surface area contributed by atoms with Gasteiger partial charge in [0.1, 0.15) is 12.2 Å². The third-order valence-corrected chi connectivity index (χ3v) is 21.0. The molecule has 14 atom stereocenters. The van der Waals surface area contributed by atoms with E-state index in [1.165, 1.54) is 28.5 Å². The zero-order valence-electron chi connectivity index (χ0n) is 44.7. The van der Waals surface area contributed by atoms with Gasteiger partial charge in [-0.25, -0.2) is 0 Å². The van der Waals surface area contributed by atoms with Crippen molar-refractivity contribution in [3.05, 3.63) is 84.9 Å². The number of anilines is 1. The molecule has 2 aliphatic heterocycles. The van der Waals surface area contributed by atoms with Crippen molar-refractivity contribution < 1.29 is 44.5 Å². The van der Waals surface area contributed by atoms with Gasteiger partial charge in [-0.1, -0.05) is 13.8 Å². The van der Waals surface area contributed by atoms with E-state index in [1.807, 2.05) is 32.8 Å². The van der Waals surface area contributed by atoms with Crippen LogP contribution in [-0.4, -0.2) is 155 Å². The molecular formula is C57H92N3O9P. The number of unbranched alkanes of at least 4 members (excludes halogenated alkanes) is 5. The predicted octanol–water partition coefficient (Wildman–Crippen LogP) is 6.48. The number of aliphatic hydroxyl groups is 5. The molecular weight excluding hydrogens is 902 g/mol. The molecule has 0 bridgehead atoms. The van der Waals surface area contributed by atoms with Crippen LogP contribution < -0.4 is 20.8 Å². The Morgan fingerprint density at radius 2 is 1.30 bits per heavy atom. The number of cyclic esters (lactones) is 1. The van der Waals surface area contributed by atoms with Gasteiger partial charge in [0.05, 0.1) is 29.8 Å². The van der Waals surface area contributed by atoms with Gasteiger partial charge in [-0.2, -0.15) is 0 Å². The number of hydrogen-bond acceptors (Lipinski definition) is 12. The normalized spacial score (nSPS) is 33.5. The van der Waals surface area contributed by atoms with Gasteiger partial charge < -0.3 is 39.5 Å². The number of carbonyl (C=O) groups excluding carboxylic acids is 1. The summed E-state index contributed by atoms with van der Waals surface area (Å²) in [4.78, 5) is 20.1. The summed E-state index contributed by atoms with van der Waals surface area (Å²) in [6.07, 6.45) is 1.33. The van der Waals surface area contributed by atoms with Crippen LogP contribution in [0.4, 0.5) is 5.69 Å². The van der Waals surface area contributed by atoms with E-state index in [-0.39, 0.29) is 30.9 Å². The SMILES string of the molecule is CC[C@H]1OC(=O)[C@H](C)[C@@H](O)[C@H](C)[C@@H](O[C@@H]2O[C@H](C)C[C@H](N(C)C)[C@H]2O)[C@](C)(O)C[C@@H](C)CN(CCCCCCCC[PH](c2ccccc2)(c2ccccc2)c2ccc(N(C)C)cc2)[C@H](C)[C@@H](O)[C@]1(C)O. The van der Waals surface area contributed by atoms with E-state index in [0.29, 0.717) is 19.5 Å². The first kappa shape index (κ1) is 57.9. The van der Waals surface area contributed by atoms with Gasteiger partial charge in [0.25, 0.3) is 0 Å². The third kappa shape index (κ3) is 14.0. The van der Waals surface area contributed by atoms with Crippen molar-refractivity contribution in [2.45, 2.75) is 179 Å². The number of rotatable bonds is 17. The molecule has 5 rings (SSSR count). The zero-order valence-corrected chi connectivity index (χ0v) is 45.7. The average molecular weight is 994 g/mol. The molecule has 13 heteroatoms. The molecule has 0 radical (unpaired) electrons. The Balaban J connectivity index is 1.32. The second-order valence-corrected chi connectivity index (χ2v) is 26.2. The molecule has 2 saturated heterocycles. The second-order valence-electron chi connectivity index (χ2n) is 22.1. The van der Waals surface area contributed by atoms with Crippen LogP contribution in [0.2, 0.25) is 0 Å². The molecule has 2 heterocycles. The Morgan fingerprint density at radius 1 is 0.757 bits per heavy atom. The first-order valence-corrected chi connectivity index (χ1v) is 28.6.